The van der Waals surface area contributed by atoms with Crippen molar-refractivity contribution < 1.29 is 43.7 Å². The van der Waals surface area contributed by atoms with E-state index in [1.807, 2.05) is 0 Å². The first-order chi connectivity index (χ1) is 20.3. The molecule has 3 rings (SSSR count). The van der Waals surface area contributed by atoms with E-state index in [0.717, 1.165) is 38.9 Å². The second-order valence-corrected chi connectivity index (χ2v) is 12.3. The minimum Gasteiger partial charge on any atom is -0.389 e. The van der Waals surface area contributed by atoms with E-state index < -0.39 is 18.3 Å². The Hall–Kier alpha value is -0.480. The Labute approximate surface area is 253 Å². The molecule has 248 valence electrons. The van der Waals surface area contributed by atoms with E-state index in [1.54, 1.807) is 0 Å². The van der Waals surface area contributed by atoms with Crippen LogP contribution in [0.5, 0.6) is 0 Å². The van der Waals surface area contributed by atoms with Crippen molar-refractivity contribution in [1.29, 1.82) is 0 Å². The molecule has 0 bridgehead atoms. The quantitative estimate of drug-likeness (QED) is 0.0774. The largest absolute Gasteiger partial charge is 0.389 e. The van der Waals surface area contributed by atoms with Gasteiger partial charge in [-0.15, -0.1) is 0 Å². The summed E-state index contributed by atoms with van der Waals surface area (Å²) in [6, 6.07) is 1.74. The molecule has 0 aromatic rings. The first-order valence-electron chi connectivity index (χ1n) is 16.1. The number of hydrogen-bond acceptors (Lipinski definition) is 12. The van der Waals surface area contributed by atoms with Gasteiger partial charge in [-0.2, -0.15) is 0 Å². The fourth-order valence-electron chi connectivity index (χ4n) is 4.78. The number of aliphatic hydroxyl groups is 3. The first kappa shape index (κ1) is 36.0. The van der Waals surface area contributed by atoms with E-state index in [-0.39, 0.29) is 6.10 Å². The standard InChI is InChI=1S/C30H59N3O9/c1-24-13-31(24)16-27(34)19-37-7-4-9-40-22-30(42-12-6-11-39-21-29(36)18-33-15-26(33)3)23-41-10-5-8-38-20-28(35)17-32-14-25(32)2/h24-30,34-36H,4-23H2,1-3H3. The summed E-state index contributed by atoms with van der Waals surface area (Å²) in [4.78, 5) is 6.65. The number of rotatable bonds is 29. The number of hydrogen-bond donors (Lipinski definition) is 3. The Kier molecular flexibility index (Phi) is 17.6. The van der Waals surface area contributed by atoms with Gasteiger partial charge in [-0.3, -0.25) is 14.7 Å². The molecule has 12 nitrogen and oxygen atoms in total. The lowest BCUT2D eigenvalue weighted by molar-refractivity contribution is -0.0699. The molecule has 9 atom stereocenters. The third-order valence-corrected chi connectivity index (χ3v) is 7.78. The number of ether oxygens (including phenoxy) is 6. The van der Waals surface area contributed by atoms with Gasteiger partial charge in [0.25, 0.3) is 0 Å². The lowest BCUT2D eigenvalue weighted by Gasteiger charge is -2.19. The van der Waals surface area contributed by atoms with Gasteiger partial charge in [0.05, 0.1) is 51.3 Å². The van der Waals surface area contributed by atoms with E-state index in [4.69, 9.17) is 28.4 Å². The number of β-amino-alcohol motifs (C(OH)–C–C–N with tert-alkyl or cyclic N) is 3. The molecule has 9 unspecified atom stereocenters. The maximum Gasteiger partial charge on any atom is 0.104 e. The SMILES string of the molecule is CC1CN1CC(O)COCCCOCC(COCCCOCC(O)CN1CC1C)OCCCOCC(O)CN1CC1C. The molecule has 3 aliphatic rings. The molecule has 0 amide bonds. The van der Waals surface area contributed by atoms with E-state index >= 15 is 0 Å². The van der Waals surface area contributed by atoms with Crippen LogP contribution in [0.2, 0.25) is 0 Å². The van der Waals surface area contributed by atoms with E-state index in [9.17, 15) is 15.3 Å². The number of aliphatic hydroxyl groups excluding tert-OH is 3. The van der Waals surface area contributed by atoms with Crippen molar-refractivity contribution in [3.63, 3.8) is 0 Å². The summed E-state index contributed by atoms with van der Waals surface area (Å²) in [5, 5.41) is 30.1. The molecule has 0 spiro atoms. The predicted octanol–water partition coefficient (Wildman–Crippen LogP) is -0.180. The molecular formula is C30H59N3O9. The Morgan fingerprint density at radius 1 is 0.500 bits per heavy atom. The maximum atomic E-state index is 10.0. The fourth-order valence-corrected chi connectivity index (χ4v) is 4.78. The highest BCUT2D eigenvalue weighted by Crippen LogP contribution is 2.17. The van der Waals surface area contributed by atoms with Gasteiger partial charge in [0, 0.05) is 97.0 Å². The molecule has 3 heterocycles. The molecule has 0 aromatic carbocycles. The molecule has 3 fully saturated rings. The van der Waals surface area contributed by atoms with Gasteiger partial charge in [-0.05, 0) is 40.0 Å². The summed E-state index contributed by atoms with van der Waals surface area (Å²) in [6.45, 7) is 16.7. The lowest BCUT2D eigenvalue weighted by Crippen LogP contribution is -2.28. The number of nitrogens with zero attached hydrogens (tertiary/aromatic N) is 3. The summed E-state index contributed by atoms with van der Waals surface area (Å²) in [7, 11) is 0. The molecule has 42 heavy (non-hydrogen) atoms. The van der Waals surface area contributed by atoms with Gasteiger partial charge < -0.3 is 43.7 Å². The average molecular weight is 606 g/mol. The van der Waals surface area contributed by atoms with E-state index in [1.165, 1.54) is 0 Å². The normalized spacial score (nSPS) is 29.3. The topological polar surface area (TPSA) is 125 Å². The van der Waals surface area contributed by atoms with E-state index in [2.05, 4.69) is 35.5 Å². The molecule has 3 aliphatic heterocycles. The monoisotopic (exact) mass is 605 g/mol. The second-order valence-electron chi connectivity index (χ2n) is 12.3. The van der Waals surface area contributed by atoms with Crippen LogP contribution in [-0.4, -0.2) is 185 Å². The predicted molar refractivity (Wildman–Crippen MR) is 159 cm³/mol. The van der Waals surface area contributed by atoms with Crippen molar-refractivity contribution >= 4 is 0 Å². The van der Waals surface area contributed by atoms with Crippen LogP contribution in [0.3, 0.4) is 0 Å². The highest BCUT2D eigenvalue weighted by molar-refractivity contribution is 4.87. The summed E-state index contributed by atoms with van der Waals surface area (Å²) in [5.74, 6) is 0. The van der Waals surface area contributed by atoms with Crippen LogP contribution >= 0.6 is 0 Å². The Bertz CT molecular complexity index is 658. The Morgan fingerprint density at radius 3 is 1.10 bits per heavy atom. The van der Waals surface area contributed by atoms with Crippen LogP contribution in [0.1, 0.15) is 40.0 Å². The van der Waals surface area contributed by atoms with Gasteiger partial charge >= 0.3 is 0 Å². The van der Waals surface area contributed by atoms with Crippen molar-refractivity contribution in [2.75, 3.05) is 112 Å². The van der Waals surface area contributed by atoms with Crippen molar-refractivity contribution in [1.82, 2.24) is 14.7 Å². The van der Waals surface area contributed by atoms with Crippen LogP contribution in [-0.2, 0) is 28.4 Å². The van der Waals surface area contributed by atoms with Gasteiger partial charge in [-0.25, -0.2) is 0 Å². The van der Waals surface area contributed by atoms with Crippen LogP contribution in [0, 0.1) is 0 Å². The zero-order valence-corrected chi connectivity index (χ0v) is 26.3. The van der Waals surface area contributed by atoms with Crippen molar-refractivity contribution in [2.24, 2.45) is 0 Å². The van der Waals surface area contributed by atoms with Crippen molar-refractivity contribution in [3.8, 4) is 0 Å². The van der Waals surface area contributed by atoms with Crippen LogP contribution in [0.15, 0.2) is 0 Å². The zero-order valence-electron chi connectivity index (χ0n) is 26.3. The smallest absolute Gasteiger partial charge is 0.104 e. The second kappa shape index (κ2) is 20.5. The summed E-state index contributed by atoms with van der Waals surface area (Å²) < 4.78 is 34.5. The zero-order chi connectivity index (χ0) is 30.2. The highest BCUT2D eigenvalue weighted by Gasteiger charge is 2.31. The van der Waals surface area contributed by atoms with Gasteiger partial charge in [-0.1, -0.05) is 0 Å². The van der Waals surface area contributed by atoms with Gasteiger partial charge in [0.15, 0.2) is 0 Å². The molecule has 0 aliphatic carbocycles. The minimum absolute atomic E-state index is 0.200. The molecule has 0 radical (unpaired) electrons. The highest BCUT2D eigenvalue weighted by atomic mass is 16.6. The molecular weight excluding hydrogens is 546 g/mol. The lowest BCUT2D eigenvalue weighted by atomic mass is 10.3. The Balaban J connectivity index is 1.19. The van der Waals surface area contributed by atoms with E-state index in [0.29, 0.717) is 110 Å². The summed E-state index contributed by atoms with van der Waals surface area (Å²) in [5.41, 5.74) is 0. The van der Waals surface area contributed by atoms with Crippen LogP contribution in [0.25, 0.3) is 0 Å². The molecule has 0 aromatic heterocycles. The minimum atomic E-state index is -0.454. The van der Waals surface area contributed by atoms with Crippen LogP contribution in [0.4, 0.5) is 0 Å². The third-order valence-electron chi connectivity index (χ3n) is 7.78. The first-order valence-corrected chi connectivity index (χ1v) is 16.1. The molecule has 3 N–H and O–H groups in total. The third kappa shape index (κ3) is 17.1. The molecule has 12 heteroatoms. The molecule has 3 saturated heterocycles. The fraction of sp³-hybridized carbons (Fsp3) is 1.00. The van der Waals surface area contributed by atoms with Crippen molar-refractivity contribution in [3.05, 3.63) is 0 Å². The van der Waals surface area contributed by atoms with Crippen LogP contribution < -0.4 is 0 Å². The summed E-state index contributed by atoms with van der Waals surface area (Å²) >= 11 is 0. The Morgan fingerprint density at radius 2 is 0.786 bits per heavy atom. The molecule has 0 saturated carbocycles. The average Bonchev–Trinajstić information content (AvgIpc) is 3.91. The van der Waals surface area contributed by atoms with Crippen molar-refractivity contribution in [2.45, 2.75) is 82.6 Å². The van der Waals surface area contributed by atoms with Gasteiger partial charge in [0.1, 0.15) is 6.10 Å². The summed E-state index contributed by atoms with van der Waals surface area (Å²) in [6.07, 6.45) is 0.663. The van der Waals surface area contributed by atoms with Gasteiger partial charge in [0.2, 0.25) is 0 Å². The maximum absolute atomic E-state index is 10.0.